The molecule has 1 atom stereocenters. The van der Waals surface area contributed by atoms with Crippen LogP contribution in [0.1, 0.15) is 25.0 Å². The zero-order valence-corrected chi connectivity index (χ0v) is 15.4. The number of carbonyl (C=O) groups excluding carboxylic acids is 2. The highest BCUT2D eigenvalue weighted by molar-refractivity contribution is 5.88. The molecule has 1 N–H and O–H groups in total. The first-order valence-corrected chi connectivity index (χ1v) is 8.55. The molecule has 0 spiro atoms. The van der Waals surface area contributed by atoms with Gasteiger partial charge in [0.25, 0.3) is 0 Å². The number of benzene rings is 2. The molecule has 1 unspecified atom stereocenters. The summed E-state index contributed by atoms with van der Waals surface area (Å²) in [5.74, 6) is 0.772. The number of rotatable bonds is 4. The molecule has 1 amide bonds. The molecule has 0 bridgehead atoms. The molecule has 27 heavy (non-hydrogen) atoms. The second-order valence-electron chi connectivity index (χ2n) is 6.51. The third-order valence-corrected chi connectivity index (χ3v) is 4.17. The van der Waals surface area contributed by atoms with Crippen LogP contribution in [0.5, 0.6) is 11.5 Å². The summed E-state index contributed by atoms with van der Waals surface area (Å²) >= 11 is 0. The number of fused-ring (bicyclic) bond motifs is 1. The van der Waals surface area contributed by atoms with E-state index in [-0.39, 0.29) is 12.6 Å². The monoisotopic (exact) mass is 367 g/mol. The second-order valence-corrected chi connectivity index (χ2v) is 6.51. The van der Waals surface area contributed by atoms with Crippen molar-refractivity contribution < 1.29 is 23.8 Å². The Hall–Kier alpha value is -3.28. The van der Waals surface area contributed by atoms with Gasteiger partial charge >= 0.3 is 12.1 Å². The van der Waals surface area contributed by atoms with Crippen molar-refractivity contribution in [1.82, 2.24) is 0 Å². The van der Waals surface area contributed by atoms with Crippen LogP contribution in [0.25, 0.3) is 6.08 Å². The number of esters is 1. The lowest BCUT2D eigenvalue weighted by Gasteiger charge is -2.31. The normalized spacial score (nSPS) is 17.4. The Kier molecular flexibility index (Phi) is 5.16. The average Bonchev–Trinajstić information content (AvgIpc) is 2.63. The van der Waals surface area contributed by atoms with E-state index in [0.717, 1.165) is 11.1 Å². The number of nitrogens with one attached hydrogen (secondary N) is 1. The van der Waals surface area contributed by atoms with Gasteiger partial charge in [-0.25, -0.2) is 4.79 Å². The summed E-state index contributed by atoms with van der Waals surface area (Å²) in [5.41, 5.74) is 1.61. The largest absolute Gasteiger partial charge is 0.479 e. The fourth-order valence-electron chi connectivity index (χ4n) is 2.73. The van der Waals surface area contributed by atoms with E-state index >= 15 is 0 Å². The lowest BCUT2D eigenvalue weighted by atomic mass is 9.97. The summed E-state index contributed by atoms with van der Waals surface area (Å²) in [6, 6.07) is 12.4. The van der Waals surface area contributed by atoms with Gasteiger partial charge in [-0.05, 0) is 49.8 Å². The molecule has 6 nitrogen and oxygen atoms in total. The third kappa shape index (κ3) is 4.47. The zero-order chi connectivity index (χ0) is 19.4. The van der Waals surface area contributed by atoms with Gasteiger partial charge in [-0.15, -0.1) is 0 Å². The standard InChI is InChI=1S/C21H21NO5/c1-14-17-11-12-21(3,13-25-15(2)23)27-19(17)10-9-18(14)22-20(24)26-16-7-5-4-6-8-16/h4-12H,13H2,1-3H3,(H,22,24). The summed E-state index contributed by atoms with van der Waals surface area (Å²) in [6.07, 6.45) is 3.19. The quantitative estimate of drug-likeness (QED) is 0.814. The highest BCUT2D eigenvalue weighted by Gasteiger charge is 2.30. The van der Waals surface area contributed by atoms with Gasteiger partial charge in [0.1, 0.15) is 18.1 Å². The molecule has 140 valence electrons. The van der Waals surface area contributed by atoms with E-state index < -0.39 is 11.7 Å². The SMILES string of the molecule is CC(=O)OCC1(C)C=Cc2c(ccc(NC(=O)Oc3ccccc3)c2C)O1. The summed E-state index contributed by atoms with van der Waals surface area (Å²) in [7, 11) is 0. The smallest absolute Gasteiger partial charge is 0.417 e. The molecule has 2 aromatic carbocycles. The maximum atomic E-state index is 12.1. The molecule has 1 aliphatic rings. The first-order valence-electron chi connectivity index (χ1n) is 8.55. The lowest BCUT2D eigenvalue weighted by Crippen LogP contribution is -2.38. The highest BCUT2D eigenvalue weighted by Crippen LogP contribution is 2.36. The van der Waals surface area contributed by atoms with E-state index in [1.165, 1.54) is 6.92 Å². The maximum Gasteiger partial charge on any atom is 0.417 e. The fraction of sp³-hybridized carbons (Fsp3) is 0.238. The molecule has 3 rings (SSSR count). The van der Waals surface area contributed by atoms with Crippen LogP contribution in [0.3, 0.4) is 0 Å². The van der Waals surface area contributed by atoms with Gasteiger partial charge in [0.2, 0.25) is 0 Å². The number of ether oxygens (including phenoxy) is 3. The van der Waals surface area contributed by atoms with Crippen molar-refractivity contribution in [3.05, 3.63) is 59.7 Å². The van der Waals surface area contributed by atoms with Gasteiger partial charge in [0, 0.05) is 18.2 Å². The maximum absolute atomic E-state index is 12.1. The lowest BCUT2D eigenvalue weighted by molar-refractivity contribution is -0.145. The number of anilines is 1. The Balaban J connectivity index is 1.73. The molecule has 0 aliphatic carbocycles. The first kappa shape index (κ1) is 18.5. The van der Waals surface area contributed by atoms with Crippen molar-refractivity contribution in [2.75, 3.05) is 11.9 Å². The zero-order valence-electron chi connectivity index (χ0n) is 15.4. The Morgan fingerprint density at radius 1 is 1.15 bits per heavy atom. The number of hydrogen-bond donors (Lipinski definition) is 1. The minimum Gasteiger partial charge on any atom is -0.479 e. The first-order chi connectivity index (χ1) is 12.9. The van der Waals surface area contributed by atoms with Gasteiger partial charge in [0.05, 0.1) is 0 Å². The molecule has 0 aromatic heterocycles. The van der Waals surface area contributed by atoms with E-state index in [9.17, 15) is 9.59 Å². The third-order valence-electron chi connectivity index (χ3n) is 4.17. The predicted octanol–water partition coefficient (Wildman–Crippen LogP) is 4.33. The van der Waals surface area contributed by atoms with Crippen LogP contribution in [0.2, 0.25) is 0 Å². The van der Waals surface area contributed by atoms with Crippen LogP contribution in [-0.4, -0.2) is 24.3 Å². The number of hydrogen-bond acceptors (Lipinski definition) is 5. The molecule has 0 fully saturated rings. The Morgan fingerprint density at radius 2 is 1.89 bits per heavy atom. The van der Waals surface area contributed by atoms with Crippen molar-refractivity contribution in [2.24, 2.45) is 0 Å². The average molecular weight is 367 g/mol. The summed E-state index contributed by atoms with van der Waals surface area (Å²) in [4.78, 5) is 23.2. The van der Waals surface area contributed by atoms with Gasteiger partial charge < -0.3 is 14.2 Å². The van der Waals surface area contributed by atoms with Crippen LogP contribution >= 0.6 is 0 Å². The Morgan fingerprint density at radius 3 is 2.59 bits per heavy atom. The summed E-state index contributed by atoms with van der Waals surface area (Å²) in [6.45, 7) is 5.22. The van der Waals surface area contributed by atoms with Crippen LogP contribution in [0, 0.1) is 6.92 Å². The molecule has 0 saturated carbocycles. The molecule has 1 aliphatic heterocycles. The molecule has 2 aromatic rings. The van der Waals surface area contributed by atoms with E-state index in [1.807, 2.05) is 32.1 Å². The van der Waals surface area contributed by atoms with Gasteiger partial charge in [-0.2, -0.15) is 0 Å². The van der Waals surface area contributed by atoms with Crippen molar-refractivity contribution in [3.63, 3.8) is 0 Å². The number of carbonyl (C=O) groups is 2. The van der Waals surface area contributed by atoms with E-state index in [1.54, 1.807) is 36.4 Å². The van der Waals surface area contributed by atoms with Crippen LogP contribution < -0.4 is 14.8 Å². The molecular weight excluding hydrogens is 346 g/mol. The molecular formula is C21H21NO5. The van der Waals surface area contributed by atoms with Crippen molar-refractivity contribution in [1.29, 1.82) is 0 Å². The fourth-order valence-corrected chi connectivity index (χ4v) is 2.73. The molecule has 0 saturated heterocycles. The van der Waals surface area contributed by atoms with Crippen molar-refractivity contribution in [2.45, 2.75) is 26.4 Å². The summed E-state index contributed by atoms with van der Waals surface area (Å²) in [5, 5.41) is 2.75. The topological polar surface area (TPSA) is 73.9 Å². The van der Waals surface area contributed by atoms with Gasteiger partial charge in [0.15, 0.2) is 5.60 Å². The van der Waals surface area contributed by atoms with E-state index in [0.29, 0.717) is 17.2 Å². The molecule has 1 heterocycles. The predicted molar refractivity (Wildman–Crippen MR) is 102 cm³/mol. The van der Waals surface area contributed by atoms with Crippen LogP contribution in [0.15, 0.2) is 48.5 Å². The van der Waals surface area contributed by atoms with Crippen molar-refractivity contribution >= 4 is 23.8 Å². The minimum atomic E-state index is -0.730. The highest BCUT2D eigenvalue weighted by atomic mass is 16.6. The molecule has 6 heteroatoms. The Bertz CT molecular complexity index is 891. The molecule has 0 radical (unpaired) electrons. The number of para-hydroxylation sites is 1. The Labute approximate surface area is 157 Å². The number of amides is 1. The van der Waals surface area contributed by atoms with E-state index in [4.69, 9.17) is 14.2 Å². The van der Waals surface area contributed by atoms with Crippen molar-refractivity contribution in [3.8, 4) is 11.5 Å². The second kappa shape index (κ2) is 7.53. The van der Waals surface area contributed by atoms with Gasteiger partial charge in [-0.3, -0.25) is 10.1 Å². The van der Waals surface area contributed by atoms with Crippen LogP contribution in [0.4, 0.5) is 10.5 Å². The van der Waals surface area contributed by atoms with Crippen LogP contribution in [-0.2, 0) is 9.53 Å². The minimum absolute atomic E-state index is 0.126. The van der Waals surface area contributed by atoms with Gasteiger partial charge in [-0.1, -0.05) is 24.3 Å². The summed E-state index contributed by atoms with van der Waals surface area (Å²) < 4.78 is 16.3. The van der Waals surface area contributed by atoms with E-state index in [2.05, 4.69) is 5.32 Å².